The predicted octanol–water partition coefficient (Wildman–Crippen LogP) is 2.43. The molecule has 1 aliphatic rings. The van der Waals surface area contributed by atoms with Crippen molar-refractivity contribution in [3.8, 4) is 0 Å². The van der Waals surface area contributed by atoms with Crippen LogP contribution in [0.3, 0.4) is 0 Å². The van der Waals surface area contributed by atoms with Crippen LogP contribution in [0.4, 0.5) is 0 Å². The highest BCUT2D eigenvalue weighted by Crippen LogP contribution is 2.19. The van der Waals surface area contributed by atoms with Crippen LogP contribution < -0.4 is 5.32 Å². The van der Waals surface area contributed by atoms with Crippen LogP contribution in [-0.2, 0) is 6.54 Å². The summed E-state index contributed by atoms with van der Waals surface area (Å²) in [5.74, 6) is 0. The zero-order chi connectivity index (χ0) is 12.1. The van der Waals surface area contributed by atoms with Crippen LogP contribution in [0.15, 0.2) is 43.0 Å². The highest BCUT2D eigenvalue weighted by atomic mass is 15.2. The van der Waals surface area contributed by atoms with Gasteiger partial charge in [-0.2, -0.15) is 0 Å². The smallest absolute Gasteiger partial charge is 0.0237 e. The molecular weight excluding hydrogens is 208 g/mol. The van der Waals surface area contributed by atoms with Crippen molar-refractivity contribution in [3.63, 3.8) is 0 Å². The summed E-state index contributed by atoms with van der Waals surface area (Å²) in [7, 11) is 0. The van der Waals surface area contributed by atoms with E-state index in [1.807, 2.05) is 6.08 Å². The summed E-state index contributed by atoms with van der Waals surface area (Å²) in [6, 6.07) is 12.0. The molecule has 0 bridgehead atoms. The third-order valence-corrected chi connectivity index (χ3v) is 3.48. The van der Waals surface area contributed by atoms with Gasteiger partial charge in [0.1, 0.15) is 0 Å². The molecule has 2 rings (SSSR count). The van der Waals surface area contributed by atoms with Gasteiger partial charge in [0, 0.05) is 31.7 Å². The van der Waals surface area contributed by atoms with Crippen molar-refractivity contribution in [2.45, 2.75) is 32.0 Å². The Morgan fingerprint density at radius 2 is 2.18 bits per heavy atom. The number of hydrogen-bond acceptors (Lipinski definition) is 2. The molecule has 1 aliphatic heterocycles. The summed E-state index contributed by atoms with van der Waals surface area (Å²) in [5, 5.41) is 3.52. The largest absolute Gasteiger partial charge is 0.309 e. The normalized spacial score (nSPS) is 25.0. The second-order valence-corrected chi connectivity index (χ2v) is 4.89. The van der Waals surface area contributed by atoms with Gasteiger partial charge in [0.15, 0.2) is 0 Å². The molecule has 0 amide bonds. The highest BCUT2D eigenvalue weighted by Gasteiger charge is 2.27. The van der Waals surface area contributed by atoms with Crippen LogP contribution in [0.5, 0.6) is 0 Å². The standard InChI is InChI=1S/C15H22N2/c1-3-9-16-15-10-13(2)17(12-15)11-14-7-5-4-6-8-14/h3-8,13,15-16H,1,9-12H2,2H3. The summed E-state index contributed by atoms with van der Waals surface area (Å²) in [6.45, 7) is 9.19. The van der Waals surface area contributed by atoms with E-state index in [4.69, 9.17) is 0 Å². The van der Waals surface area contributed by atoms with Crippen LogP contribution in [0.25, 0.3) is 0 Å². The molecule has 2 nitrogen and oxygen atoms in total. The molecule has 0 saturated carbocycles. The van der Waals surface area contributed by atoms with E-state index in [9.17, 15) is 0 Å². The summed E-state index contributed by atoms with van der Waals surface area (Å²) in [4.78, 5) is 2.55. The van der Waals surface area contributed by atoms with Crippen molar-refractivity contribution in [1.82, 2.24) is 10.2 Å². The molecule has 2 atom stereocenters. The molecule has 0 spiro atoms. The van der Waals surface area contributed by atoms with Crippen molar-refractivity contribution < 1.29 is 0 Å². The fraction of sp³-hybridized carbons (Fsp3) is 0.467. The van der Waals surface area contributed by atoms with Crippen molar-refractivity contribution in [3.05, 3.63) is 48.6 Å². The minimum atomic E-state index is 0.617. The van der Waals surface area contributed by atoms with Crippen LogP contribution in [0, 0.1) is 0 Å². The summed E-state index contributed by atoms with van der Waals surface area (Å²) in [6.07, 6.45) is 3.17. The molecule has 2 unspecified atom stereocenters. The van der Waals surface area contributed by atoms with E-state index in [0.717, 1.165) is 19.6 Å². The molecule has 0 radical (unpaired) electrons. The second kappa shape index (κ2) is 5.99. The lowest BCUT2D eigenvalue weighted by atomic mass is 10.2. The molecule has 1 aromatic rings. The third kappa shape index (κ3) is 3.42. The predicted molar refractivity (Wildman–Crippen MR) is 72.9 cm³/mol. The highest BCUT2D eigenvalue weighted by molar-refractivity contribution is 5.15. The Morgan fingerprint density at radius 3 is 2.88 bits per heavy atom. The fourth-order valence-corrected chi connectivity index (χ4v) is 2.53. The van der Waals surface area contributed by atoms with Gasteiger partial charge in [-0.1, -0.05) is 36.4 Å². The maximum atomic E-state index is 3.75. The first-order valence-electron chi connectivity index (χ1n) is 6.42. The Kier molecular flexibility index (Phi) is 4.35. The lowest BCUT2D eigenvalue weighted by Crippen LogP contribution is -2.32. The van der Waals surface area contributed by atoms with Gasteiger partial charge in [-0.3, -0.25) is 4.90 Å². The molecule has 1 aromatic carbocycles. The first-order chi connectivity index (χ1) is 8.29. The Bertz CT molecular complexity index is 347. The van der Waals surface area contributed by atoms with Gasteiger partial charge in [-0.05, 0) is 18.9 Å². The monoisotopic (exact) mass is 230 g/mol. The second-order valence-electron chi connectivity index (χ2n) is 4.89. The van der Waals surface area contributed by atoms with Gasteiger partial charge in [-0.25, -0.2) is 0 Å². The van der Waals surface area contributed by atoms with Crippen LogP contribution in [-0.4, -0.2) is 30.1 Å². The fourth-order valence-electron chi connectivity index (χ4n) is 2.53. The van der Waals surface area contributed by atoms with Gasteiger partial charge in [-0.15, -0.1) is 6.58 Å². The van der Waals surface area contributed by atoms with Crippen molar-refractivity contribution >= 4 is 0 Å². The lowest BCUT2D eigenvalue weighted by Gasteiger charge is -2.20. The Balaban J connectivity index is 1.88. The van der Waals surface area contributed by atoms with Gasteiger partial charge >= 0.3 is 0 Å². The first-order valence-corrected chi connectivity index (χ1v) is 6.42. The Labute approximate surface area is 104 Å². The molecule has 0 aromatic heterocycles. The van der Waals surface area contributed by atoms with Crippen molar-refractivity contribution in [2.24, 2.45) is 0 Å². The molecule has 1 fully saturated rings. The van der Waals surface area contributed by atoms with E-state index in [1.165, 1.54) is 12.0 Å². The Morgan fingerprint density at radius 1 is 1.41 bits per heavy atom. The van der Waals surface area contributed by atoms with E-state index in [-0.39, 0.29) is 0 Å². The van der Waals surface area contributed by atoms with E-state index >= 15 is 0 Å². The first kappa shape index (κ1) is 12.3. The minimum absolute atomic E-state index is 0.617. The number of nitrogens with zero attached hydrogens (tertiary/aromatic N) is 1. The number of likely N-dealkylation sites (tertiary alicyclic amines) is 1. The maximum absolute atomic E-state index is 3.75. The number of rotatable bonds is 5. The van der Waals surface area contributed by atoms with Gasteiger partial charge in [0.2, 0.25) is 0 Å². The van der Waals surface area contributed by atoms with Crippen molar-refractivity contribution in [2.75, 3.05) is 13.1 Å². The number of benzene rings is 1. The average Bonchev–Trinajstić information content (AvgIpc) is 2.69. The number of hydrogen-bond donors (Lipinski definition) is 1. The average molecular weight is 230 g/mol. The van der Waals surface area contributed by atoms with Crippen LogP contribution in [0.1, 0.15) is 18.9 Å². The van der Waals surface area contributed by atoms with Gasteiger partial charge in [0.05, 0.1) is 0 Å². The van der Waals surface area contributed by atoms with Gasteiger partial charge < -0.3 is 5.32 Å². The summed E-state index contributed by atoms with van der Waals surface area (Å²) < 4.78 is 0. The molecule has 1 saturated heterocycles. The summed E-state index contributed by atoms with van der Waals surface area (Å²) >= 11 is 0. The lowest BCUT2D eigenvalue weighted by molar-refractivity contribution is 0.257. The van der Waals surface area contributed by atoms with E-state index < -0.39 is 0 Å². The van der Waals surface area contributed by atoms with E-state index in [0.29, 0.717) is 12.1 Å². The molecule has 1 N–H and O–H groups in total. The quantitative estimate of drug-likeness (QED) is 0.782. The molecule has 17 heavy (non-hydrogen) atoms. The van der Waals surface area contributed by atoms with Crippen molar-refractivity contribution in [1.29, 1.82) is 0 Å². The third-order valence-electron chi connectivity index (χ3n) is 3.48. The molecule has 92 valence electrons. The molecular formula is C15H22N2. The molecule has 1 heterocycles. The zero-order valence-corrected chi connectivity index (χ0v) is 10.6. The maximum Gasteiger partial charge on any atom is 0.0237 e. The summed E-state index contributed by atoms with van der Waals surface area (Å²) in [5.41, 5.74) is 1.41. The van der Waals surface area contributed by atoms with Crippen LogP contribution >= 0.6 is 0 Å². The van der Waals surface area contributed by atoms with E-state index in [2.05, 4.69) is 54.1 Å². The SMILES string of the molecule is C=CCNC1CC(C)N(Cc2ccccc2)C1. The topological polar surface area (TPSA) is 15.3 Å². The Hall–Kier alpha value is -1.12. The van der Waals surface area contributed by atoms with Gasteiger partial charge in [0.25, 0.3) is 0 Å². The van der Waals surface area contributed by atoms with Crippen LogP contribution in [0.2, 0.25) is 0 Å². The number of nitrogens with one attached hydrogen (secondary N) is 1. The zero-order valence-electron chi connectivity index (χ0n) is 10.6. The molecule has 2 heteroatoms. The minimum Gasteiger partial charge on any atom is -0.309 e. The molecule has 0 aliphatic carbocycles. The van der Waals surface area contributed by atoms with E-state index in [1.54, 1.807) is 0 Å².